The smallest absolute Gasteiger partial charge is 0.0897 e. The van der Waals surface area contributed by atoms with Crippen LogP contribution >= 0.6 is 0 Å². The third-order valence-corrected chi connectivity index (χ3v) is 2.24. The fourth-order valence-electron chi connectivity index (χ4n) is 1.23. The first kappa shape index (κ1) is 15.4. The van der Waals surface area contributed by atoms with Gasteiger partial charge in [0.25, 0.3) is 0 Å². The summed E-state index contributed by atoms with van der Waals surface area (Å²) in [5.74, 6) is 2.61. The molecule has 4 heteroatoms. The van der Waals surface area contributed by atoms with E-state index >= 15 is 0 Å². The van der Waals surface area contributed by atoms with Gasteiger partial charge in [-0.3, -0.25) is 0 Å². The van der Waals surface area contributed by atoms with Gasteiger partial charge in [0, 0.05) is 26.1 Å². The molecule has 2 N–H and O–H groups in total. The largest absolute Gasteiger partial charge is 0.389 e. The number of ether oxygens (including phenoxy) is 2. The molecule has 0 saturated carbocycles. The fraction of sp³-hybridized carbons (Fsp3) is 0.833. The SMILES string of the molecule is C#CCC(CC)NCC(O)COCCOC. The van der Waals surface area contributed by atoms with Crippen molar-refractivity contribution < 1.29 is 14.6 Å². The first-order valence-corrected chi connectivity index (χ1v) is 5.66. The first-order chi connectivity index (χ1) is 7.74. The van der Waals surface area contributed by atoms with E-state index in [-0.39, 0.29) is 6.04 Å². The van der Waals surface area contributed by atoms with Crippen molar-refractivity contribution in [3.63, 3.8) is 0 Å². The van der Waals surface area contributed by atoms with Crippen molar-refractivity contribution in [3.8, 4) is 12.3 Å². The van der Waals surface area contributed by atoms with Crippen LogP contribution in [0.2, 0.25) is 0 Å². The lowest BCUT2D eigenvalue weighted by Crippen LogP contribution is -2.37. The molecule has 0 heterocycles. The van der Waals surface area contributed by atoms with E-state index in [0.717, 1.165) is 6.42 Å². The van der Waals surface area contributed by atoms with E-state index in [4.69, 9.17) is 15.9 Å². The Morgan fingerprint density at radius 3 is 2.75 bits per heavy atom. The summed E-state index contributed by atoms with van der Waals surface area (Å²) in [7, 11) is 1.62. The lowest BCUT2D eigenvalue weighted by molar-refractivity contribution is 0.0129. The topological polar surface area (TPSA) is 50.7 Å². The van der Waals surface area contributed by atoms with Gasteiger partial charge in [-0.15, -0.1) is 12.3 Å². The van der Waals surface area contributed by atoms with Crippen molar-refractivity contribution in [3.05, 3.63) is 0 Å². The second-order valence-corrected chi connectivity index (χ2v) is 3.64. The standard InChI is InChI=1S/C12H23NO3/c1-4-6-11(5-2)13-9-12(14)10-16-8-7-15-3/h1,11-14H,5-10H2,2-3H3. The maximum absolute atomic E-state index is 9.58. The highest BCUT2D eigenvalue weighted by atomic mass is 16.5. The van der Waals surface area contributed by atoms with E-state index in [2.05, 4.69) is 18.2 Å². The number of hydrogen-bond donors (Lipinski definition) is 2. The van der Waals surface area contributed by atoms with Crippen molar-refractivity contribution >= 4 is 0 Å². The van der Waals surface area contributed by atoms with Gasteiger partial charge >= 0.3 is 0 Å². The molecule has 2 unspecified atom stereocenters. The number of terminal acetylenes is 1. The van der Waals surface area contributed by atoms with Gasteiger partial charge in [0.05, 0.1) is 25.9 Å². The van der Waals surface area contributed by atoms with Crippen LogP contribution in [-0.4, -0.2) is 50.7 Å². The van der Waals surface area contributed by atoms with Gasteiger partial charge in [-0.2, -0.15) is 0 Å². The lowest BCUT2D eigenvalue weighted by atomic mass is 10.1. The van der Waals surface area contributed by atoms with Crippen LogP contribution in [0.25, 0.3) is 0 Å². The molecule has 0 amide bonds. The molecule has 94 valence electrons. The number of methoxy groups -OCH3 is 1. The van der Waals surface area contributed by atoms with Crippen molar-refractivity contribution in [2.45, 2.75) is 31.9 Å². The molecular weight excluding hydrogens is 206 g/mol. The highest BCUT2D eigenvalue weighted by Crippen LogP contribution is 1.96. The Morgan fingerprint density at radius 2 is 2.19 bits per heavy atom. The van der Waals surface area contributed by atoms with Crippen LogP contribution in [0.5, 0.6) is 0 Å². The average molecular weight is 229 g/mol. The fourth-order valence-corrected chi connectivity index (χ4v) is 1.23. The second-order valence-electron chi connectivity index (χ2n) is 3.64. The molecular formula is C12H23NO3. The van der Waals surface area contributed by atoms with Gasteiger partial charge in [0.1, 0.15) is 0 Å². The van der Waals surface area contributed by atoms with Gasteiger partial charge in [-0.25, -0.2) is 0 Å². The number of hydrogen-bond acceptors (Lipinski definition) is 4. The predicted molar refractivity (Wildman–Crippen MR) is 64.2 cm³/mol. The molecule has 0 aromatic rings. The summed E-state index contributed by atoms with van der Waals surface area (Å²) in [4.78, 5) is 0. The van der Waals surface area contributed by atoms with Gasteiger partial charge in [0.15, 0.2) is 0 Å². The second kappa shape index (κ2) is 10.9. The Kier molecular flexibility index (Phi) is 10.5. The minimum Gasteiger partial charge on any atom is -0.389 e. The Labute approximate surface area is 98.3 Å². The molecule has 0 fully saturated rings. The summed E-state index contributed by atoms with van der Waals surface area (Å²) in [6, 6.07) is 0.277. The highest BCUT2D eigenvalue weighted by Gasteiger charge is 2.08. The Bertz CT molecular complexity index is 191. The van der Waals surface area contributed by atoms with Gasteiger partial charge < -0.3 is 19.9 Å². The molecule has 0 aliphatic heterocycles. The van der Waals surface area contributed by atoms with E-state index < -0.39 is 6.10 Å². The number of rotatable bonds is 10. The molecule has 0 radical (unpaired) electrons. The molecule has 0 aromatic heterocycles. The van der Waals surface area contributed by atoms with Crippen LogP contribution in [0.3, 0.4) is 0 Å². The van der Waals surface area contributed by atoms with Crippen LogP contribution in [0, 0.1) is 12.3 Å². The third-order valence-electron chi connectivity index (χ3n) is 2.24. The zero-order valence-corrected chi connectivity index (χ0v) is 10.2. The Morgan fingerprint density at radius 1 is 1.44 bits per heavy atom. The lowest BCUT2D eigenvalue weighted by Gasteiger charge is -2.17. The van der Waals surface area contributed by atoms with E-state index in [9.17, 15) is 5.11 Å². The summed E-state index contributed by atoms with van der Waals surface area (Å²) < 4.78 is 10.0. The summed E-state index contributed by atoms with van der Waals surface area (Å²) in [6.45, 7) is 3.95. The Hall–Kier alpha value is -0.600. The summed E-state index contributed by atoms with van der Waals surface area (Å²) in [5, 5.41) is 12.8. The van der Waals surface area contributed by atoms with Crippen LogP contribution in [0.15, 0.2) is 0 Å². The predicted octanol–water partition coefficient (Wildman–Crippen LogP) is 0.402. The van der Waals surface area contributed by atoms with Gasteiger partial charge in [-0.05, 0) is 6.42 Å². The molecule has 16 heavy (non-hydrogen) atoms. The van der Waals surface area contributed by atoms with Crippen molar-refractivity contribution in [1.82, 2.24) is 5.32 Å². The van der Waals surface area contributed by atoms with Crippen molar-refractivity contribution in [2.24, 2.45) is 0 Å². The number of nitrogens with one attached hydrogen (secondary N) is 1. The van der Waals surface area contributed by atoms with Crippen LogP contribution in [0.1, 0.15) is 19.8 Å². The van der Waals surface area contributed by atoms with Crippen molar-refractivity contribution in [2.75, 3.05) is 33.5 Å². The molecule has 0 bridgehead atoms. The molecule has 0 spiro atoms. The zero-order valence-electron chi connectivity index (χ0n) is 10.2. The van der Waals surface area contributed by atoms with Crippen LogP contribution in [-0.2, 0) is 9.47 Å². The highest BCUT2D eigenvalue weighted by molar-refractivity contribution is 4.89. The normalized spacial score (nSPS) is 14.4. The third kappa shape index (κ3) is 8.69. The van der Waals surface area contributed by atoms with Gasteiger partial charge in [-0.1, -0.05) is 6.92 Å². The maximum atomic E-state index is 9.58. The summed E-state index contributed by atoms with van der Waals surface area (Å²) >= 11 is 0. The van der Waals surface area contributed by atoms with E-state index in [1.807, 2.05) is 0 Å². The Balaban J connectivity index is 3.48. The quantitative estimate of drug-likeness (QED) is 0.420. The van der Waals surface area contributed by atoms with E-state index in [1.165, 1.54) is 0 Å². The molecule has 0 aliphatic rings. The van der Waals surface area contributed by atoms with Crippen LogP contribution in [0.4, 0.5) is 0 Å². The van der Waals surface area contributed by atoms with Crippen LogP contribution < -0.4 is 5.32 Å². The molecule has 0 aromatic carbocycles. The first-order valence-electron chi connectivity index (χ1n) is 5.66. The number of aliphatic hydroxyl groups excluding tert-OH is 1. The monoisotopic (exact) mass is 229 g/mol. The van der Waals surface area contributed by atoms with E-state index in [1.54, 1.807) is 7.11 Å². The molecule has 2 atom stereocenters. The molecule has 0 rings (SSSR count). The number of aliphatic hydroxyl groups is 1. The molecule has 4 nitrogen and oxygen atoms in total. The van der Waals surface area contributed by atoms with E-state index in [0.29, 0.717) is 32.8 Å². The maximum Gasteiger partial charge on any atom is 0.0897 e. The van der Waals surface area contributed by atoms with Crippen molar-refractivity contribution in [1.29, 1.82) is 0 Å². The minimum atomic E-state index is -0.497. The molecule has 0 saturated heterocycles. The molecule has 0 aliphatic carbocycles. The minimum absolute atomic E-state index is 0.277. The summed E-state index contributed by atoms with van der Waals surface area (Å²) in [5.41, 5.74) is 0. The summed E-state index contributed by atoms with van der Waals surface area (Å²) in [6.07, 6.45) is 6.39. The zero-order chi connectivity index (χ0) is 12.2. The average Bonchev–Trinajstić information content (AvgIpc) is 2.30. The van der Waals surface area contributed by atoms with Gasteiger partial charge in [0.2, 0.25) is 0 Å².